The van der Waals surface area contributed by atoms with E-state index in [0.717, 1.165) is 23.1 Å². The van der Waals surface area contributed by atoms with Crippen molar-refractivity contribution in [1.29, 1.82) is 0 Å². The lowest BCUT2D eigenvalue weighted by Gasteiger charge is -2.19. The topological polar surface area (TPSA) is 18.5 Å². The molecule has 1 unspecified atom stereocenters. The number of hydrogen-bond acceptors (Lipinski definition) is 2. The molecule has 2 nitrogen and oxygen atoms in total. The first-order valence-corrected chi connectivity index (χ1v) is 6.41. The van der Waals surface area contributed by atoms with Crippen LogP contribution in [-0.2, 0) is 4.74 Å². The first-order chi connectivity index (χ1) is 7.55. The highest BCUT2D eigenvalue weighted by molar-refractivity contribution is 9.10. The highest BCUT2D eigenvalue weighted by atomic mass is 79.9. The molecule has 2 rings (SSSR count). The molecule has 0 N–H and O–H groups in total. The molecule has 0 spiro atoms. The average Bonchev–Trinajstić information content (AvgIpc) is 2.56. The standard InChI is InChI=1S/C13H17BrO2/c1-13(2)7-6-12(16-13)9-15-11-5-3-4-10(14)8-11/h3-5,8,12H,6-7,9H2,1-2H3. The summed E-state index contributed by atoms with van der Waals surface area (Å²) in [7, 11) is 0. The Morgan fingerprint density at radius 2 is 2.31 bits per heavy atom. The van der Waals surface area contributed by atoms with Crippen LogP contribution in [0.25, 0.3) is 0 Å². The second-order valence-corrected chi connectivity index (χ2v) is 5.72. The molecule has 3 heteroatoms. The molecule has 88 valence electrons. The normalized spacial score (nSPS) is 23.3. The van der Waals surface area contributed by atoms with Crippen LogP contribution in [0.2, 0.25) is 0 Å². The molecule has 0 amide bonds. The van der Waals surface area contributed by atoms with Crippen molar-refractivity contribution >= 4 is 15.9 Å². The summed E-state index contributed by atoms with van der Waals surface area (Å²) in [5, 5.41) is 0. The lowest BCUT2D eigenvalue weighted by molar-refractivity contribution is -0.0326. The van der Waals surface area contributed by atoms with Gasteiger partial charge >= 0.3 is 0 Å². The van der Waals surface area contributed by atoms with E-state index in [2.05, 4.69) is 29.8 Å². The van der Waals surface area contributed by atoms with E-state index in [4.69, 9.17) is 9.47 Å². The van der Waals surface area contributed by atoms with Crippen molar-refractivity contribution in [2.75, 3.05) is 6.61 Å². The Hall–Kier alpha value is -0.540. The Kier molecular flexibility index (Phi) is 3.55. The molecule has 1 aliphatic heterocycles. The molecule has 1 heterocycles. The van der Waals surface area contributed by atoms with Crippen molar-refractivity contribution in [1.82, 2.24) is 0 Å². The van der Waals surface area contributed by atoms with Crippen LogP contribution >= 0.6 is 15.9 Å². The number of ether oxygens (including phenoxy) is 2. The highest BCUT2D eigenvalue weighted by Crippen LogP contribution is 2.29. The monoisotopic (exact) mass is 284 g/mol. The molecule has 0 aliphatic carbocycles. The van der Waals surface area contributed by atoms with E-state index in [1.165, 1.54) is 0 Å². The van der Waals surface area contributed by atoms with E-state index in [-0.39, 0.29) is 11.7 Å². The van der Waals surface area contributed by atoms with Gasteiger partial charge in [0.25, 0.3) is 0 Å². The van der Waals surface area contributed by atoms with Gasteiger partial charge in [-0.25, -0.2) is 0 Å². The summed E-state index contributed by atoms with van der Waals surface area (Å²) in [5.74, 6) is 0.891. The zero-order valence-electron chi connectivity index (χ0n) is 9.70. The lowest BCUT2D eigenvalue weighted by atomic mass is 10.1. The molecule has 1 aromatic carbocycles. The third-order valence-electron chi connectivity index (χ3n) is 2.79. The van der Waals surface area contributed by atoms with Gasteiger partial charge < -0.3 is 9.47 Å². The Balaban J connectivity index is 1.84. The predicted octanol–water partition coefficient (Wildman–Crippen LogP) is 3.79. The van der Waals surface area contributed by atoms with Gasteiger partial charge in [0.05, 0.1) is 11.7 Å². The van der Waals surface area contributed by atoms with Gasteiger partial charge in [-0.1, -0.05) is 22.0 Å². The van der Waals surface area contributed by atoms with Crippen molar-refractivity contribution < 1.29 is 9.47 Å². The molecule has 1 atom stereocenters. The Bertz CT molecular complexity index is 363. The van der Waals surface area contributed by atoms with Crippen molar-refractivity contribution in [2.24, 2.45) is 0 Å². The first kappa shape index (κ1) is 11.9. The minimum Gasteiger partial charge on any atom is -0.491 e. The Morgan fingerprint density at radius 1 is 1.50 bits per heavy atom. The largest absolute Gasteiger partial charge is 0.491 e. The second-order valence-electron chi connectivity index (χ2n) is 4.81. The summed E-state index contributed by atoms with van der Waals surface area (Å²) in [6.07, 6.45) is 2.43. The zero-order valence-corrected chi connectivity index (χ0v) is 11.3. The van der Waals surface area contributed by atoms with Crippen LogP contribution in [0.5, 0.6) is 5.75 Å². The van der Waals surface area contributed by atoms with Gasteiger partial charge in [0.15, 0.2) is 0 Å². The van der Waals surface area contributed by atoms with Crippen LogP contribution in [0.1, 0.15) is 26.7 Å². The maximum Gasteiger partial charge on any atom is 0.120 e. The smallest absolute Gasteiger partial charge is 0.120 e. The van der Waals surface area contributed by atoms with Gasteiger partial charge in [-0.3, -0.25) is 0 Å². The van der Waals surface area contributed by atoms with E-state index in [0.29, 0.717) is 6.61 Å². The van der Waals surface area contributed by atoms with Crippen molar-refractivity contribution in [3.63, 3.8) is 0 Å². The fraction of sp³-hybridized carbons (Fsp3) is 0.538. The summed E-state index contributed by atoms with van der Waals surface area (Å²) < 4.78 is 12.6. The molecule has 1 fully saturated rings. The minimum absolute atomic E-state index is 0.0191. The molecule has 1 aliphatic rings. The van der Waals surface area contributed by atoms with Crippen LogP contribution in [0, 0.1) is 0 Å². The maximum atomic E-state index is 5.86. The van der Waals surface area contributed by atoms with Crippen molar-refractivity contribution in [3.8, 4) is 5.75 Å². The fourth-order valence-electron chi connectivity index (χ4n) is 1.94. The van der Waals surface area contributed by atoms with E-state index in [1.807, 2.05) is 24.3 Å². The highest BCUT2D eigenvalue weighted by Gasteiger charge is 2.31. The SMILES string of the molecule is CC1(C)CCC(COc2cccc(Br)c2)O1. The summed E-state index contributed by atoms with van der Waals surface area (Å²) in [6.45, 7) is 4.90. The van der Waals surface area contributed by atoms with Crippen molar-refractivity contribution in [3.05, 3.63) is 28.7 Å². The molecule has 0 bridgehead atoms. The number of benzene rings is 1. The quantitative estimate of drug-likeness (QED) is 0.841. The van der Waals surface area contributed by atoms with Gasteiger partial charge in [-0.2, -0.15) is 0 Å². The summed E-state index contributed by atoms with van der Waals surface area (Å²) >= 11 is 3.42. The predicted molar refractivity (Wildman–Crippen MR) is 67.8 cm³/mol. The van der Waals surface area contributed by atoms with Crippen LogP contribution in [0.15, 0.2) is 28.7 Å². The molecule has 1 aromatic rings. The summed E-state index contributed by atoms with van der Waals surface area (Å²) in [4.78, 5) is 0. The molecular formula is C13H17BrO2. The zero-order chi connectivity index (χ0) is 11.6. The van der Waals surface area contributed by atoms with Crippen LogP contribution in [-0.4, -0.2) is 18.3 Å². The second kappa shape index (κ2) is 4.76. The third kappa shape index (κ3) is 3.22. The number of halogens is 1. The van der Waals surface area contributed by atoms with Gasteiger partial charge in [0, 0.05) is 4.47 Å². The molecule has 0 aromatic heterocycles. The molecular weight excluding hydrogens is 268 g/mol. The number of hydrogen-bond donors (Lipinski definition) is 0. The first-order valence-electron chi connectivity index (χ1n) is 5.61. The van der Waals surface area contributed by atoms with E-state index < -0.39 is 0 Å². The minimum atomic E-state index is 0.0191. The average molecular weight is 285 g/mol. The third-order valence-corrected chi connectivity index (χ3v) is 3.28. The van der Waals surface area contributed by atoms with Gasteiger partial charge in [-0.05, 0) is 44.9 Å². The summed E-state index contributed by atoms with van der Waals surface area (Å²) in [6, 6.07) is 7.89. The van der Waals surface area contributed by atoms with Gasteiger partial charge in [0.1, 0.15) is 12.4 Å². The fourth-order valence-corrected chi connectivity index (χ4v) is 2.32. The summed E-state index contributed by atoms with van der Waals surface area (Å²) in [5.41, 5.74) is 0.0191. The molecule has 16 heavy (non-hydrogen) atoms. The number of rotatable bonds is 3. The molecule has 0 radical (unpaired) electrons. The van der Waals surface area contributed by atoms with Crippen molar-refractivity contribution in [2.45, 2.75) is 38.4 Å². The van der Waals surface area contributed by atoms with Crippen LogP contribution in [0.3, 0.4) is 0 Å². The van der Waals surface area contributed by atoms with E-state index in [9.17, 15) is 0 Å². The lowest BCUT2D eigenvalue weighted by Crippen LogP contribution is -2.23. The Morgan fingerprint density at radius 3 is 2.94 bits per heavy atom. The van der Waals surface area contributed by atoms with Gasteiger partial charge in [0.2, 0.25) is 0 Å². The van der Waals surface area contributed by atoms with E-state index >= 15 is 0 Å². The van der Waals surface area contributed by atoms with E-state index in [1.54, 1.807) is 0 Å². The Labute approximate surface area is 105 Å². The van der Waals surface area contributed by atoms with Gasteiger partial charge in [-0.15, -0.1) is 0 Å². The molecule has 1 saturated heterocycles. The molecule has 0 saturated carbocycles. The maximum absolute atomic E-state index is 5.86. The van der Waals surface area contributed by atoms with Crippen LogP contribution in [0.4, 0.5) is 0 Å². The van der Waals surface area contributed by atoms with Crippen LogP contribution < -0.4 is 4.74 Å².